The number of carboxylic acid groups (broad SMARTS) is 1. The average Bonchev–Trinajstić information content (AvgIpc) is 2.13. The van der Waals surface area contributed by atoms with Crippen molar-refractivity contribution in [2.75, 3.05) is 0 Å². The average molecular weight is 271 g/mol. The first-order valence-electron chi connectivity index (χ1n) is 4.57. The van der Waals surface area contributed by atoms with Gasteiger partial charge in [-0.25, -0.2) is 4.79 Å². The van der Waals surface area contributed by atoms with Crippen molar-refractivity contribution in [3.63, 3.8) is 0 Å². The highest BCUT2D eigenvalue weighted by molar-refractivity contribution is 5.92. The number of aliphatic carboxylic acids is 1. The molecule has 18 heavy (non-hydrogen) atoms. The Balaban J connectivity index is 4.91. The molecule has 6 N–H and O–H groups in total. The highest BCUT2D eigenvalue weighted by Crippen LogP contribution is 2.28. The van der Waals surface area contributed by atoms with E-state index in [1.807, 2.05) is 0 Å². The van der Waals surface area contributed by atoms with Crippen LogP contribution in [0.25, 0.3) is 0 Å². The molecule has 0 aromatic carbocycles. The van der Waals surface area contributed by atoms with Gasteiger partial charge in [0.15, 0.2) is 5.54 Å². The van der Waals surface area contributed by atoms with Crippen molar-refractivity contribution in [1.82, 2.24) is 5.32 Å². The summed E-state index contributed by atoms with van der Waals surface area (Å²) >= 11 is 0. The smallest absolute Gasteiger partial charge is 0.415 e. The molecule has 0 heterocycles. The normalized spacial score (nSPS) is 16.5. The fourth-order valence-electron chi connectivity index (χ4n) is 0.838. The molecule has 2 amide bonds. The van der Waals surface area contributed by atoms with Crippen molar-refractivity contribution >= 4 is 17.8 Å². The van der Waals surface area contributed by atoms with Crippen LogP contribution in [-0.4, -0.2) is 40.6 Å². The van der Waals surface area contributed by atoms with E-state index < -0.39 is 42.0 Å². The lowest BCUT2D eigenvalue weighted by molar-refractivity contribution is -0.188. The summed E-state index contributed by atoms with van der Waals surface area (Å²) in [6, 6.07) is -1.86. The van der Waals surface area contributed by atoms with Crippen molar-refractivity contribution < 1.29 is 32.7 Å². The number of hydrogen-bond acceptors (Lipinski definition) is 4. The molecule has 0 aromatic rings. The summed E-state index contributed by atoms with van der Waals surface area (Å²) in [4.78, 5) is 32.3. The summed E-state index contributed by atoms with van der Waals surface area (Å²) in [5.41, 5.74) is 6.20. The third-order valence-electron chi connectivity index (χ3n) is 2.07. The van der Waals surface area contributed by atoms with Gasteiger partial charge in [0.25, 0.3) is 0 Å². The highest BCUT2D eigenvalue weighted by atomic mass is 19.4. The number of primary amides is 1. The maximum Gasteiger partial charge on any atom is 0.415 e. The standard InChI is InChI=1S/C8H12F3N3O4/c1-7(13,8(9,10)11)6(18)14-3(5(16)17)2-4(12)15/h3H,2,13H2,1H3,(H2,12,15)(H,14,18)(H,16,17)/t3-,7?/m1/s1. The van der Waals surface area contributed by atoms with E-state index in [1.165, 1.54) is 5.32 Å². The van der Waals surface area contributed by atoms with Crippen LogP contribution in [-0.2, 0) is 14.4 Å². The summed E-state index contributed by atoms with van der Waals surface area (Å²) in [6.07, 6.45) is -5.90. The summed E-state index contributed by atoms with van der Waals surface area (Å²) in [7, 11) is 0. The second-order valence-electron chi connectivity index (χ2n) is 3.73. The van der Waals surface area contributed by atoms with Gasteiger partial charge in [0.1, 0.15) is 6.04 Å². The maximum atomic E-state index is 12.4. The van der Waals surface area contributed by atoms with Crippen LogP contribution in [0.5, 0.6) is 0 Å². The third-order valence-corrected chi connectivity index (χ3v) is 2.07. The fraction of sp³-hybridized carbons (Fsp3) is 0.625. The van der Waals surface area contributed by atoms with Crippen LogP contribution in [0.2, 0.25) is 0 Å². The monoisotopic (exact) mass is 271 g/mol. The molecule has 0 fully saturated rings. The number of alkyl halides is 3. The molecule has 0 rings (SSSR count). The molecule has 0 bridgehead atoms. The van der Waals surface area contributed by atoms with Crippen molar-refractivity contribution in [2.24, 2.45) is 11.5 Å². The van der Waals surface area contributed by atoms with E-state index in [1.54, 1.807) is 0 Å². The zero-order valence-corrected chi connectivity index (χ0v) is 9.25. The number of rotatable bonds is 5. The molecule has 0 aliphatic rings. The summed E-state index contributed by atoms with van der Waals surface area (Å²) in [6.45, 7) is 0.380. The first-order chi connectivity index (χ1) is 7.89. The van der Waals surface area contributed by atoms with Crippen LogP contribution < -0.4 is 16.8 Å². The van der Waals surface area contributed by atoms with E-state index >= 15 is 0 Å². The summed E-state index contributed by atoms with van der Waals surface area (Å²) in [5.74, 6) is -4.54. The molecule has 0 saturated carbocycles. The predicted octanol–water partition coefficient (Wildman–Crippen LogP) is -1.29. The van der Waals surface area contributed by atoms with Crippen molar-refractivity contribution in [1.29, 1.82) is 0 Å². The number of carbonyl (C=O) groups excluding carboxylic acids is 2. The molecule has 7 nitrogen and oxygen atoms in total. The second kappa shape index (κ2) is 5.21. The SMILES string of the molecule is CC(N)(C(=O)N[C@H](CC(N)=O)C(=O)O)C(F)(F)F. The number of nitrogens with two attached hydrogens (primary N) is 2. The second-order valence-corrected chi connectivity index (χ2v) is 3.73. The highest BCUT2D eigenvalue weighted by Gasteiger charge is 2.54. The summed E-state index contributed by atoms with van der Waals surface area (Å²) < 4.78 is 37.1. The number of hydrogen-bond donors (Lipinski definition) is 4. The van der Waals surface area contributed by atoms with Gasteiger partial charge in [-0.15, -0.1) is 0 Å². The van der Waals surface area contributed by atoms with Gasteiger partial charge in [0, 0.05) is 0 Å². The molecule has 1 unspecified atom stereocenters. The zero-order valence-electron chi connectivity index (χ0n) is 9.25. The van der Waals surface area contributed by atoms with Gasteiger partial charge in [-0.05, 0) is 6.92 Å². The van der Waals surface area contributed by atoms with Gasteiger partial charge in [-0.3, -0.25) is 9.59 Å². The Morgan fingerprint density at radius 1 is 1.33 bits per heavy atom. The molecule has 104 valence electrons. The van der Waals surface area contributed by atoms with Crippen LogP contribution in [0.1, 0.15) is 13.3 Å². The Hall–Kier alpha value is -1.84. The number of halogens is 3. The van der Waals surface area contributed by atoms with Crippen LogP contribution >= 0.6 is 0 Å². The molecular formula is C8H12F3N3O4. The summed E-state index contributed by atoms with van der Waals surface area (Å²) in [5, 5.41) is 10.1. The minimum absolute atomic E-state index is 0.380. The fourth-order valence-corrected chi connectivity index (χ4v) is 0.838. The van der Waals surface area contributed by atoms with Gasteiger partial charge < -0.3 is 21.9 Å². The first kappa shape index (κ1) is 16.2. The minimum Gasteiger partial charge on any atom is -0.480 e. The van der Waals surface area contributed by atoms with Crippen LogP contribution in [0.3, 0.4) is 0 Å². The number of amides is 2. The van der Waals surface area contributed by atoms with Crippen LogP contribution in [0, 0.1) is 0 Å². The quantitative estimate of drug-likeness (QED) is 0.493. The largest absolute Gasteiger partial charge is 0.480 e. The van der Waals surface area contributed by atoms with Crippen LogP contribution in [0.4, 0.5) is 13.2 Å². The van der Waals surface area contributed by atoms with Gasteiger partial charge in [0.05, 0.1) is 6.42 Å². The van der Waals surface area contributed by atoms with E-state index in [0.717, 1.165) is 0 Å². The van der Waals surface area contributed by atoms with E-state index in [2.05, 4.69) is 0 Å². The van der Waals surface area contributed by atoms with Crippen molar-refractivity contribution in [3.8, 4) is 0 Å². The van der Waals surface area contributed by atoms with Gasteiger partial charge in [-0.2, -0.15) is 13.2 Å². The molecule has 0 radical (unpaired) electrons. The lowest BCUT2D eigenvalue weighted by Gasteiger charge is -2.27. The lowest BCUT2D eigenvalue weighted by Crippen LogP contribution is -2.63. The van der Waals surface area contributed by atoms with E-state index in [0.29, 0.717) is 6.92 Å². The van der Waals surface area contributed by atoms with Gasteiger partial charge >= 0.3 is 12.1 Å². The Morgan fingerprint density at radius 3 is 2.06 bits per heavy atom. The van der Waals surface area contributed by atoms with Gasteiger partial charge in [0.2, 0.25) is 11.8 Å². The van der Waals surface area contributed by atoms with Gasteiger partial charge in [-0.1, -0.05) is 0 Å². The minimum atomic E-state index is -5.06. The van der Waals surface area contributed by atoms with Crippen molar-refractivity contribution in [3.05, 3.63) is 0 Å². The molecule has 10 heteroatoms. The van der Waals surface area contributed by atoms with E-state index in [9.17, 15) is 27.6 Å². The number of carbonyl (C=O) groups is 3. The molecule has 0 spiro atoms. The number of carboxylic acids is 1. The Bertz CT molecular complexity index is 367. The topological polar surface area (TPSA) is 136 Å². The van der Waals surface area contributed by atoms with E-state index in [-0.39, 0.29) is 0 Å². The molecule has 0 aliphatic carbocycles. The molecule has 2 atom stereocenters. The molecular weight excluding hydrogens is 259 g/mol. The Kier molecular flexibility index (Phi) is 4.68. The molecule has 0 saturated heterocycles. The zero-order chi connectivity index (χ0) is 14.7. The third kappa shape index (κ3) is 3.87. The predicted molar refractivity (Wildman–Crippen MR) is 52.0 cm³/mol. The van der Waals surface area contributed by atoms with Crippen LogP contribution in [0.15, 0.2) is 0 Å². The Morgan fingerprint density at radius 2 is 1.78 bits per heavy atom. The lowest BCUT2D eigenvalue weighted by atomic mass is 10.0. The maximum absolute atomic E-state index is 12.4. The number of nitrogens with one attached hydrogen (secondary N) is 1. The molecule has 0 aliphatic heterocycles. The van der Waals surface area contributed by atoms with E-state index in [4.69, 9.17) is 16.6 Å². The first-order valence-corrected chi connectivity index (χ1v) is 4.57. The van der Waals surface area contributed by atoms with Crippen molar-refractivity contribution in [2.45, 2.75) is 31.1 Å². The molecule has 0 aromatic heterocycles. The Labute approximate surface area is 99.3 Å².